The molecule has 0 atom stereocenters. The molecule has 28 heavy (non-hydrogen) atoms. The van der Waals surface area contributed by atoms with E-state index in [9.17, 15) is 4.79 Å². The van der Waals surface area contributed by atoms with Crippen molar-refractivity contribution in [1.82, 2.24) is 4.98 Å². The Morgan fingerprint density at radius 2 is 1.96 bits per heavy atom. The molecular weight excluding hydrogens is 382 g/mol. The highest BCUT2D eigenvalue weighted by Gasteiger charge is 2.15. The van der Waals surface area contributed by atoms with Crippen LogP contribution in [0.3, 0.4) is 0 Å². The molecule has 0 radical (unpaired) electrons. The Balaban J connectivity index is 1.52. The van der Waals surface area contributed by atoms with Gasteiger partial charge in [-0.1, -0.05) is 11.6 Å². The highest BCUT2D eigenvalue weighted by atomic mass is 35.5. The first-order valence-corrected chi connectivity index (χ1v) is 8.78. The van der Waals surface area contributed by atoms with E-state index in [1.165, 1.54) is 0 Å². The summed E-state index contributed by atoms with van der Waals surface area (Å²) in [5, 5.41) is 6.51. The average molecular weight is 398 g/mol. The van der Waals surface area contributed by atoms with Gasteiger partial charge in [-0.2, -0.15) is 0 Å². The summed E-state index contributed by atoms with van der Waals surface area (Å²) in [5.74, 6) is 2.08. The Morgan fingerprint density at radius 3 is 2.82 bits per heavy atom. The van der Waals surface area contributed by atoms with Gasteiger partial charge in [0.05, 0.1) is 12.8 Å². The Hall–Kier alpha value is -3.45. The molecule has 4 rings (SSSR count). The van der Waals surface area contributed by atoms with Crippen molar-refractivity contribution in [2.45, 2.75) is 0 Å². The van der Waals surface area contributed by atoms with E-state index in [4.69, 9.17) is 25.8 Å². The van der Waals surface area contributed by atoms with E-state index in [2.05, 4.69) is 15.6 Å². The Kier molecular flexibility index (Phi) is 4.90. The van der Waals surface area contributed by atoms with Gasteiger partial charge in [0.15, 0.2) is 11.5 Å². The molecule has 0 bridgehead atoms. The number of methoxy groups -OCH3 is 1. The lowest BCUT2D eigenvalue weighted by Crippen LogP contribution is -2.12. The summed E-state index contributed by atoms with van der Waals surface area (Å²) >= 11 is 6.05. The fourth-order valence-corrected chi connectivity index (χ4v) is 2.91. The molecule has 1 aliphatic rings. The summed E-state index contributed by atoms with van der Waals surface area (Å²) in [6.45, 7) is 0.180. The number of hydrogen-bond donors (Lipinski definition) is 2. The van der Waals surface area contributed by atoms with Crippen LogP contribution in [0.5, 0.6) is 17.2 Å². The highest BCUT2D eigenvalue weighted by Crippen LogP contribution is 2.34. The largest absolute Gasteiger partial charge is 0.495 e. The van der Waals surface area contributed by atoms with Crippen molar-refractivity contribution in [1.29, 1.82) is 0 Å². The average Bonchev–Trinajstić information content (AvgIpc) is 3.16. The van der Waals surface area contributed by atoms with Crippen molar-refractivity contribution in [3.05, 3.63) is 65.3 Å². The van der Waals surface area contributed by atoms with Crippen molar-refractivity contribution in [3.8, 4) is 17.2 Å². The summed E-state index contributed by atoms with van der Waals surface area (Å²) in [6.07, 6.45) is 1.55. The summed E-state index contributed by atoms with van der Waals surface area (Å²) in [5.41, 5.74) is 1.70. The minimum absolute atomic E-state index is 0.180. The molecule has 8 heteroatoms. The fraction of sp³-hybridized carbons (Fsp3) is 0.100. The van der Waals surface area contributed by atoms with Crippen LogP contribution < -0.4 is 24.8 Å². The van der Waals surface area contributed by atoms with E-state index in [0.717, 1.165) is 0 Å². The van der Waals surface area contributed by atoms with E-state index in [1.54, 1.807) is 61.8 Å². The van der Waals surface area contributed by atoms with Gasteiger partial charge in [-0.3, -0.25) is 4.79 Å². The first-order chi connectivity index (χ1) is 13.6. The minimum Gasteiger partial charge on any atom is -0.495 e. The van der Waals surface area contributed by atoms with Gasteiger partial charge in [-0.05, 0) is 42.5 Å². The number of fused-ring (bicyclic) bond motifs is 1. The Bertz CT molecular complexity index is 1040. The maximum absolute atomic E-state index is 12.6. The van der Waals surface area contributed by atoms with Crippen molar-refractivity contribution < 1.29 is 19.0 Å². The maximum Gasteiger partial charge on any atom is 0.255 e. The molecule has 1 amide bonds. The normalized spacial score (nSPS) is 11.8. The molecule has 0 aliphatic carbocycles. The molecule has 2 N–H and O–H groups in total. The summed E-state index contributed by atoms with van der Waals surface area (Å²) < 4.78 is 15.9. The summed E-state index contributed by atoms with van der Waals surface area (Å²) in [4.78, 5) is 16.9. The van der Waals surface area contributed by atoms with E-state index < -0.39 is 0 Å². The second-order valence-corrected chi connectivity index (χ2v) is 6.36. The lowest BCUT2D eigenvalue weighted by molar-refractivity contribution is 0.102. The van der Waals surface area contributed by atoms with E-state index in [-0.39, 0.29) is 12.7 Å². The molecule has 1 aromatic heterocycles. The molecule has 142 valence electrons. The van der Waals surface area contributed by atoms with Gasteiger partial charge >= 0.3 is 0 Å². The van der Waals surface area contributed by atoms with Gasteiger partial charge in [0.25, 0.3) is 5.91 Å². The zero-order valence-corrected chi connectivity index (χ0v) is 15.6. The third kappa shape index (κ3) is 3.79. The quantitative estimate of drug-likeness (QED) is 0.661. The van der Waals surface area contributed by atoms with Crippen LogP contribution in [-0.4, -0.2) is 24.8 Å². The van der Waals surface area contributed by atoms with Gasteiger partial charge in [-0.25, -0.2) is 4.98 Å². The lowest BCUT2D eigenvalue weighted by Gasteiger charge is -2.12. The monoisotopic (exact) mass is 397 g/mol. The van der Waals surface area contributed by atoms with Crippen LogP contribution in [-0.2, 0) is 0 Å². The molecule has 0 fully saturated rings. The van der Waals surface area contributed by atoms with Gasteiger partial charge in [0.2, 0.25) is 6.79 Å². The Labute approximate surface area is 166 Å². The number of halogens is 1. The minimum atomic E-state index is -0.276. The molecule has 0 saturated heterocycles. The molecule has 2 heterocycles. The van der Waals surface area contributed by atoms with Crippen molar-refractivity contribution in [2.75, 3.05) is 24.5 Å². The molecule has 3 aromatic rings. The number of ether oxygens (including phenoxy) is 3. The second-order valence-electron chi connectivity index (χ2n) is 5.92. The molecule has 7 nitrogen and oxygen atoms in total. The van der Waals surface area contributed by atoms with Crippen LogP contribution in [0.4, 0.5) is 17.2 Å². The van der Waals surface area contributed by atoms with Gasteiger partial charge in [-0.15, -0.1) is 0 Å². The third-order valence-electron chi connectivity index (χ3n) is 4.08. The predicted octanol–water partition coefficient (Wildman–Crippen LogP) is 4.47. The van der Waals surface area contributed by atoms with E-state index in [0.29, 0.717) is 45.0 Å². The maximum atomic E-state index is 12.6. The number of carbonyl (C=O) groups excluding carboxylic acids is 1. The third-order valence-corrected chi connectivity index (χ3v) is 4.31. The van der Waals surface area contributed by atoms with Gasteiger partial charge in [0.1, 0.15) is 11.6 Å². The number of carbonyl (C=O) groups is 1. The Morgan fingerprint density at radius 1 is 1.11 bits per heavy atom. The number of anilines is 3. The van der Waals surface area contributed by atoms with Crippen LogP contribution >= 0.6 is 11.6 Å². The first kappa shape index (κ1) is 17.9. The predicted molar refractivity (Wildman–Crippen MR) is 106 cm³/mol. The van der Waals surface area contributed by atoms with Crippen LogP contribution in [0.25, 0.3) is 0 Å². The second kappa shape index (κ2) is 7.66. The van der Waals surface area contributed by atoms with E-state index in [1.807, 2.05) is 0 Å². The number of aromatic nitrogens is 1. The number of rotatable bonds is 5. The highest BCUT2D eigenvalue weighted by molar-refractivity contribution is 6.31. The molecule has 0 unspecified atom stereocenters. The topological polar surface area (TPSA) is 81.7 Å². The van der Waals surface area contributed by atoms with Gasteiger partial charge in [0, 0.05) is 28.5 Å². The van der Waals surface area contributed by atoms with Crippen molar-refractivity contribution in [2.24, 2.45) is 0 Å². The standard InChI is InChI=1S/C20H16ClN3O4/c1-26-16-4-2-13(21)9-15(16)24-19-8-12(6-7-22-19)20(25)23-14-3-5-17-18(10-14)28-11-27-17/h2-10H,11H2,1H3,(H,22,24)(H,23,25). The molecule has 2 aromatic carbocycles. The number of nitrogens with one attached hydrogen (secondary N) is 2. The van der Waals surface area contributed by atoms with Crippen molar-refractivity contribution in [3.63, 3.8) is 0 Å². The summed E-state index contributed by atoms with van der Waals surface area (Å²) in [7, 11) is 1.57. The lowest BCUT2D eigenvalue weighted by atomic mass is 10.2. The first-order valence-electron chi connectivity index (χ1n) is 8.40. The van der Waals surface area contributed by atoms with E-state index >= 15 is 0 Å². The van der Waals surface area contributed by atoms with Crippen LogP contribution in [0, 0.1) is 0 Å². The summed E-state index contributed by atoms with van der Waals surface area (Å²) in [6, 6.07) is 13.7. The number of hydrogen-bond acceptors (Lipinski definition) is 6. The number of pyridine rings is 1. The number of nitrogens with zero attached hydrogens (tertiary/aromatic N) is 1. The number of amides is 1. The molecular formula is C20H16ClN3O4. The zero-order chi connectivity index (χ0) is 19.5. The van der Waals surface area contributed by atoms with Crippen LogP contribution in [0.1, 0.15) is 10.4 Å². The molecule has 0 spiro atoms. The SMILES string of the molecule is COc1ccc(Cl)cc1Nc1cc(C(=O)Nc2ccc3c(c2)OCO3)ccn1. The van der Waals surface area contributed by atoms with Crippen LogP contribution in [0.15, 0.2) is 54.7 Å². The zero-order valence-electron chi connectivity index (χ0n) is 14.9. The van der Waals surface area contributed by atoms with Crippen LogP contribution in [0.2, 0.25) is 5.02 Å². The smallest absolute Gasteiger partial charge is 0.255 e. The molecule has 1 aliphatic heterocycles. The molecule has 0 saturated carbocycles. The van der Waals surface area contributed by atoms with Gasteiger partial charge < -0.3 is 24.8 Å². The fourth-order valence-electron chi connectivity index (χ4n) is 2.73. The van der Waals surface area contributed by atoms with Crippen molar-refractivity contribution >= 4 is 34.7 Å². The number of benzene rings is 2.